The third-order valence-corrected chi connectivity index (χ3v) is 3.80. The van der Waals surface area contributed by atoms with Gasteiger partial charge in [-0.2, -0.15) is 4.98 Å². The Morgan fingerprint density at radius 1 is 1.23 bits per heavy atom. The molecule has 0 atom stereocenters. The summed E-state index contributed by atoms with van der Waals surface area (Å²) in [4.78, 5) is 12.7. The minimum Gasteiger partial charge on any atom is -0.356 e. The molecule has 0 fully saturated rings. The number of aromatic nitrogens is 3. The Balaban J connectivity index is 0.00000338. The highest BCUT2D eigenvalue weighted by atomic mass is 127. The minimum absolute atomic E-state index is 0. The SMILES string of the molecule is CN=C(NCCCc1nc(C(C)C)no1)NCCc1ccc(Cl)nc1.I. The van der Waals surface area contributed by atoms with E-state index in [4.69, 9.17) is 16.1 Å². The lowest BCUT2D eigenvalue weighted by atomic mass is 10.2. The van der Waals surface area contributed by atoms with Crippen LogP contribution in [0.25, 0.3) is 0 Å². The van der Waals surface area contributed by atoms with Crippen LogP contribution in [0, 0.1) is 0 Å². The molecule has 2 heterocycles. The third kappa shape index (κ3) is 7.86. The van der Waals surface area contributed by atoms with Crippen molar-refractivity contribution in [2.45, 2.75) is 39.0 Å². The van der Waals surface area contributed by atoms with E-state index in [0.29, 0.717) is 11.0 Å². The summed E-state index contributed by atoms with van der Waals surface area (Å²) in [6, 6.07) is 3.77. The Bertz CT molecular complexity index is 674. The van der Waals surface area contributed by atoms with E-state index in [1.54, 1.807) is 19.3 Å². The van der Waals surface area contributed by atoms with Crippen molar-refractivity contribution in [3.8, 4) is 0 Å². The molecule has 7 nitrogen and oxygen atoms in total. The van der Waals surface area contributed by atoms with Crippen molar-refractivity contribution in [2.24, 2.45) is 4.99 Å². The molecule has 144 valence electrons. The molecule has 2 aromatic heterocycles. The van der Waals surface area contributed by atoms with Crippen LogP contribution in [0.3, 0.4) is 0 Å². The van der Waals surface area contributed by atoms with Crippen LogP contribution < -0.4 is 10.6 Å². The Hall–Kier alpha value is -1.42. The fourth-order valence-electron chi connectivity index (χ4n) is 2.15. The second-order valence-corrected chi connectivity index (χ2v) is 6.36. The van der Waals surface area contributed by atoms with Gasteiger partial charge < -0.3 is 15.2 Å². The molecule has 0 aliphatic heterocycles. The van der Waals surface area contributed by atoms with Gasteiger partial charge in [-0.15, -0.1) is 24.0 Å². The number of aliphatic imine (C=N–C) groups is 1. The van der Waals surface area contributed by atoms with Crippen LogP contribution in [0.1, 0.15) is 43.5 Å². The number of rotatable bonds is 8. The Kier molecular flexibility index (Phi) is 10.5. The highest BCUT2D eigenvalue weighted by Gasteiger charge is 2.09. The van der Waals surface area contributed by atoms with Crippen LogP contribution in [-0.4, -0.2) is 41.2 Å². The minimum atomic E-state index is 0. The van der Waals surface area contributed by atoms with Crippen molar-refractivity contribution in [3.63, 3.8) is 0 Å². The molecule has 2 aromatic rings. The monoisotopic (exact) mass is 492 g/mol. The topological polar surface area (TPSA) is 88.2 Å². The number of guanidine groups is 1. The maximum absolute atomic E-state index is 5.78. The van der Waals surface area contributed by atoms with E-state index in [9.17, 15) is 0 Å². The van der Waals surface area contributed by atoms with E-state index in [0.717, 1.165) is 49.7 Å². The van der Waals surface area contributed by atoms with Crippen LogP contribution in [0.2, 0.25) is 5.15 Å². The first kappa shape index (κ1) is 22.6. The molecular formula is C17H26ClIN6O. The molecule has 2 N–H and O–H groups in total. The summed E-state index contributed by atoms with van der Waals surface area (Å²) in [5, 5.41) is 11.0. The Labute approximate surface area is 176 Å². The first-order valence-electron chi connectivity index (χ1n) is 8.46. The molecule has 0 bridgehead atoms. The smallest absolute Gasteiger partial charge is 0.226 e. The van der Waals surface area contributed by atoms with Crippen LogP contribution in [0.5, 0.6) is 0 Å². The molecule has 0 saturated heterocycles. The maximum Gasteiger partial charge on any atom is 0.226 e. The molecule has 9 heteroatoms. The van der Waals surface area contributed by atoms with Crippen molar-refractivity contribution in [1.82, 2.24) is 25.8 Å². The zero-order chi connectivity index (χ0) is 18.1. The van der Waals surface area contributed by atoms with Gasteiger partial charge in [0, 0.05) is 38.7 Å². The number of nitrogens with zero attached hydrogens (tertiary/aromatic N) is 4. The Morgan fingerprint density at radius 3 is 2.62 bits per heavy atom. The first-order chi connectivity index (χ1) is 12.1. The predicted molar refractivity (Wildman–Crippen MR) is 114 cm³/mol. The predicted octanol–water partition coefficient (Wildman–Crippen LogP) is 3.20. The highest BCUT2D eigenvalue weighted by molar-refractivity contribution is 14.0. The van der Waals surface area contributed by atoms with Gasteiger partial charge in [-0.3, -0.25) is 4.99 Å². The van der Waals surface area contributed by atoms with Crippen molar-refractivity contribution in [3.05, 3.63) is 40.8 Å². The van der Waals surface area contributed by atoms with Gasteiger partial charge in [0.2, 0.25) is 5.89 Å². The lowest BCUT2D eigenvalue weighted by Crippen LogP contribution is -2.38. The van der Waals surface area contributed by atoms with Crippen molar-refractivity contribution >= 4 is 41.5 Å². The summed E-state index contributed by atoms with van der Waals surface area (Å²) in [7, 11) is 1.76. The fraction of sp³-hybridized carbons (Fsp3) is 0.529. The number of hydrogen-bond donors (Lipinski definition) is 2. The molecule has 0 aromatic carbocycles. The molecule has 0 saturated carbocycles. The molecule has 0 radical (unpaired) electrons. The van der Waals surface area contributed by atoms with Gasteiger partial charge in [0.1, 0.15) is 5.15 Å². The zero-order valence-corrected chi connectivity index (χ0v) is 18.4. The fourth-order valence-corrected chi connectivity index (χ4v) is 2.26. The summed E-state index contributed by atoms with van der Waals surface area (Å²) >= 11 is 5.78. The summed E-state index contributed by atoms with van der Waals surface area (Å²) in [5.74, 6) is 2.51. The Morgan fingerprint density at radius 2 is 2.00 bits per heavy atom. The third-order valence-electron chi connectivity index (χ3n) is 3.58. The normalized spacial score (nSPS) is 11.3. The van der Waals surface area contributed by atoms with Gasteiger partial charge >= 0.3 is 0 Å². The largest absolute Gasteiger partial charge is 0.356 e. The molecular weight excluding hydrogens is 467 g/mol. The second kappa shape index (κ2) is 12.1. The summed E-state index contributed by atoms with van der Waals surface area (Å²) in [5.41, 5.74) is 1.13. The van der Waals surface area contributed by atoms with Gasteiger partial charge in [0.15, 0.2) is 11.8 Å². The number of nitrogens with one attached hydrogen (secondary N) is 2. The molecule has 0 spiro atoms. The van der Waals surface area contributed by atoms with E-state index in [1.165, 1.54) is 0 Å². The molecule has 0 amide bonds. The number of halogens is 2. The van der Waals surface area contributed by atoms with Gasteiger partial charge in [-0.05, 0) is 24.5 Å². The van der Waals surface area contributed by atoms with Crippen LogP contribution in [-0.2, 0) is 12.8 Å². The highest BCUT2D eigenvalue weighted by Crippen LogP contribution is 2.10. The van der Waals surface area contributed by atoms with Gasteiger partial charge in [0.05, 0.1) is 0 Å². The lowest BCUT2D eigenvalue weighted by Gasteiger charge is -2.11. The van der Waals surface area contributed by atoms with E-state index in [2.05, 4.69) is 30.8 Å². The van der Waals surface area contributed by atoms with Crippen molar-refractivity contribution < 1.29 is 4.52 Å². The van der Waals surface area contributed by atoms with E-state index >= 15 is 0 Å². The molecule has 2 rings (SSSR count). The van der Waals surface area contributed by atoms with Gasteiger partial charge in [-0.25, -0.2) is 4.98 Å². The molecule has 0 unspecified atom stereocenters. The van der Waals surface area contributed by atoms with E-state index in [1.807, 2.05) is 19.9 Å². The second-order valence-electron chi connectivity index (χ2n) is 5.97. The summed E-state index contributed by atoms with van der Waals surface area (Å²) in [6.07, 6.45) is 4.28. The quantitative estimate of drug-likeness (QED) is 0.193. The van der Waals surface area contributed by atoms with Crippen molar-refractivity contribution in [1.29, 1.82) is 0 Å². The van der Waals surface area contributed by atoms with Gasteiger partial charge in [0.25, 0.3) is 0 Å². The summed E-state index contributed by atoms with van der Waals surface area (Å²) < 4.78 is 5.23. The average molecular weight is 493 g/mol. The number of hydrogen-bond acceptors (Lipinski definition) is 5. The number of pyridine rings is 1. The molecule has 26 heavy (non-hydrogen) atoms. The van der Waals surface area contributed by atoms with Crippen LogP contribution in [0.4, 0.5) is 0 Å². The van der Waals surface area contributed by atoms with E-state index < -0.39 is 0 Å². The first-order valence-corrected chi connectivity index (χ1v) is 8.83. The van der Waals surface area contributed by atoms with Crippen LogP contribution >= 0.6 is 35.6 Å². The maximum atomic E-state index is 5.78. The van der Waals surface area contributed by atoms with Crippen LogP contribution in [0.15, 0.2) is 27.8 Å². The molecule has 0 aliphatic carbocycles. The number of aryl methyl sites for hydroxylation is 1. The van der Waals surface area contributed by atoms with Gasteiger partial charge in [-0.1, -0.05) is 36.7 Å². The van der Waals surface area contributed by atoms with E-state index in [-0.39, 0.29) is 29.9 Å². The lowest BCUT2D eigenvalue weighted by molar-refractivity contribution is 0.368. The van der Waals surface area contributed by atoms with Crippen molar-refractivity contribution in [2.75, 3.05) is 20.1 Å². The zero-order valence-electron chi connectivity index (χ0n) is 15.3. The summed E-state index contributed by atoms with van der Waals surface area (Å²) in [6.45, 7) is 5.64. The molecule has 0 aliphatic rings. The average Bonchev–Trinajstić information content (AvgIpc) is 3.08. The standard InChI is InChI=1S/C17H25ClN6O.HI/c1-12(2)16-23-15(25-24-16)5-4-9-20-17(19-3)21-10-8-13-6-7-14(18)22-11-13;/h6-7,11-12H,4-5,8-10H2,1-3H3,(H2,19,20,21);1H.